The van der Waals surface area contributed by atoms with Crippen molar-refractivity contribution in [2.45, 2.75) is 12.2 Å². The molecule has 0 amide bonds. The first-order valence-corrected chi connectivity index (χ1v) is 6.95. The average Bonchev–Trinajstić information content (AvgIpc) is 2.92. The zero-order chi connectivity index (χ0) is 12.4. The Morgan fingerprint density at radius 3 is 2.21 bits per heavy atom. The molecule has 0 aromatic heterocycles. The quantitative estimate of drug-likeness (QED) is 0.734. The van der Waals surface area contributed by atoms with Crippen LogP contribution in [-0.2, 0) is 4.74 Å². The Balaban J connectivity index is 1.60. The third kappa shape index (κ3) is 1.14. The van der Waals surface area contributed by atoms with E-state index in [1.165, 1.54) is 22.3 Å². The molecule has 2 aromatic rings. The molecule has 0 N–H and O–H groups in total. The second kappa shape index (κ2) is 3.37. The van der Waals surface area contributed by atoms with Crippen molar-refractivity contribution in [3.05, 3.63) is 77.4 Å². The molecule has 2 heterocycles. The van der Waals surface area contributed by atoms with Gasteiger partial charge in [0.1, 0.15) is 0 Å². The summed E-state index contributed by atoms with van der Waals surface area (Å²) in [6, 6.07) is 19.4. The molecule has 1 fully saturated rings. The van der Waals surface area contributed by atoms with Crippen LogP contribution >= 0.6 is 0 Å². The van der Waals surface area contributed by atoms with E-state index in [1.807, 2.05) is 0 Å². The maximum absolute atomic E-state index is 6.23. The molecule has 2 aromatic carbocycles. The van der Waals surface area contributed by atoms with Crippen molar-refractivity contribution < 1.29 is 4.74 Å². The Bertz CT molecular complexity index is 686. The highest BCUT2D eigenvalue weighted by Gasteiger charge is 2.56. The maximum Gasteiger partial charge on any atom is 0.0912 e. The van der Waals surface area contributed by atoms with Crippen LogP contribution in [0, 0.1) is 11.8 Å². The molecule has 92 valence electrons. The topological polar surface area (TPSA) is 9.23 Å². The summed E-state index contributed by atoms with van der Waals surface area (Å²) in [5, 5.41) is 0. The lowest BCUT2D eigenvalue weighted by atomic mass is 9.63. The van der Waals surface area contributed by atoms with Crippen LogP contribution in [0.2, 0.25) is 0 Å². The van der Waals surface area contributed by atoms with Crippen molar-refractivity contribution in [1.29, 1.82) is 0 Å². The molecule has 0 spiro atoms. The van der Waals surface area contributed by atoms with Gasteiger partial charge in [-0.05, 0) is 22.3 Å². The van der Waals surface area contributed by atoms with E-state index in [-0.39, 0.29) is 6.10 Å². The molecule has 1 heteroatoms. The molecule has 4 atom stereocenters. The molecular formula is C18H14O. The van der Waals surface area contributed by atoms with Crippen LogP contribution < -0.4 is 0 Å². The fourth-order valence-electron chi connectivity index (χ4n) is 3.98. The highest BCUT2D eigenvalue weighted by molar-refractivity contribution is 5.76. The lowest BCUT2D eigenvalue weighted by Gasteiger charge is -2.37. The average molecular weight is 246 g/mol. The lowest BCUT2D eigenvalue weighted by Crippen LogP contribution is -2.29. The van der Waals surface area contributed by atoms with Gasteiger partial charge in [-0.15, -0.1) is 0 Å². The molecule has 0 radical (unpaired) electrons. The maximum atomic E-state index is 6.23. The van der Waals surface area contributed by atoms with Crippen molar-refractivity contribution in [3.63, 3.8) is 0 Å². The van der Waals surface area contributed by atoms with Gasteiger partial charge in [0.25, 0.3) is 0 Å². The number of benzene rings is 2. The van der Waals surface area contributed by atoms with Gasteiger partial charge >= 0.3 is 0 Å². The standard InChI is InChI=1S/C18H14O/c1-2-6-11(7-3-1)14-10-15-16(14)18-13-9-5-4-8-12(13)17(15)19-18/h1-10,15-18H/t15?,16?,17-,18+/m1/s1. The highest BCUT2D eigenvalue weighted by atomic mass is 16.5. The van der Waals surface area contributed by atoms with Crippen LogP contribution in [0.4, 0.5) is 0 Å². The Morgan fingerprint density at radius 2 is 1.42 bits per heavy atom. The SMILES string of the molecule is C1=C(c2ccccc2)C2C1[C@@H]1O[C@H]2c2ccccc21. The lowest BCUT2D eigenvalue weighted by molar-refractivity contribution is 0.0626. The van der Waals surface area contributed by atoms with Crippen molar-refractivity contribution in [3.8, 4) is 0 Å². The Hall–Kier alpha value is -1.86. The Labute approximate surface area is 112 Å². The van der Waals surface area contributed by atoms with Crippen LogP contribution in [-0.4, -0.2) is 0 Å². The summed E-state index contributed by atoms with van der Waals surface area (Å²) in [5.74, 6) is 1.16. The van der Waals surface area contributed by atoms with Crippen molar-refractivity contribution in [1.82, 2.24) is 0 Å². The molecule has 1 nitrogen and oxygen atoms in total. The molecular weight excluding hydrogens is 232 g/mol. The minimum Gasteiger partial charge on any atom is -0.364 e. The largest absolute Gasteiger partial charge is 0.364 e. The van der Waals surface area contributed by atoms with Gasteiger partial charge in [-0.1, -0.05) is 60.7 Å². The second-order valence-electron chi connectivity index (χ2n) is 5.70. The van der Waals surface area contributed by atoms with Crippen LogP contribution in [0.3, 0.4) is 0 Å². The van der Waals surface area contributed by atoms with Crippen molar-refractivity contribution in [2.24, 2.45) is 11.8 Å². The van der Waals surface area contributed by atoms with Crippen molar-refractivity contribution in [2.75, 3.05) is 0 Å². The number of hydrogen-bond donors (Lipinski definition) is 0. The van der Waals surface area contributed by atoms with Gasteiger partial charge in [-0.2, -0.15) is 0 Å². The predicted molar refractivity (Wildman–Crippen MR) is 74.4 cm³/mol. The van der Waals surface area contributed by atoms with E-state index in [2.05, 4.69) is 60.7 Å². The third-order valence-electron chi connectivity index (χ3n) is 4.83. The smallest absolute Gasteiger partial charge is 0.0912 e. The first-order valence-electron chi connectivity index (χ1n) is 6.95. The first-order chi connectivity index (χ1) is 9.43. The van der Waals surface area contributed by atoms with E-state index in [9.17, 15) is 0 Å². The molecule has 0 saturated carbocycles. The van der Waals surface area contributed by atoms with Gasteiger partial charge in [-0.25, -0.2) is 0 Å². The number of rotatable bonds is 1. The molecule has 2 unspecified atom stereocenters. The molecule has 3 aliphatic rings. The summed E-state index contributed by atoms with van der Waals surface area (Å²) in [7, 11) is 0. The minimum atomic E-state index is 0.284. The molecule has 2 aliphatic heterocycles. The van der Waals surface area contributed by atoms with Crippen LogP contribution in [0.1, 0.15) is 28.9 Å². The van der Waals surface area contributed by atoms with E-state index in [0.717, 1.165) is 0 Å². The van der Waals surface area contributed by atoms with Gasteiger partial charge in [0.15, 0.2) is 0 Å². The number of hydrogen-bond acceptors (Lipinski definition) is 1. The molecule has 2 bridgehead atoms. The summed E-state index contributed by atoms with van der Waals surface area (Å²) in [5.41, 5.74) is 5.66. The van der Waals surface area contributed by atoms with Gasteiger partial charge < -0.3 is 4.74 Å². The number of fused-ring (bicyclic) bond motifs is 8. The van der Waals surface area contributed by atoms with E-state index in [0.29, 0.717) is 17.9 Å². The van der Waals surface area contributed by atoms with E-state index in [1.54, 1.807) is 0 Å². The van der Waals surface area contributed by atoms with Gasteiger partial charge in [0, 0.05) is 11.8 Å². The Morgan fingerprint density at radius 1 is 0.737 bits per heavy atom. The van der Waals surface area contributed by atoms with Crippen LogP contribution in [0.5, 0.6) is 0 Å². The highest BCUT2D eigenvalue weighted by Crippen LogP contribution is 2.65. The van der Waals surface area contributed by atoms with Gasteiger partial charge in [0.05, 0.1) is 12.2 Å². The van der Waals surface area contributed by atoms with E-state index in [4.69, 9.17) is 4.74 Å². The van der Waals surface area contributed by atoms with E-state index < -0.39 is 0 Å². The second-order valence-corrected chi connectivity index (χ2v) is 5.70. The molecule has 1 aliphatic carbocycles. The third-order valence-corrected chi connectivity index (χ3v) is 4.83. The summed E-state index contributed by atoms with van der Waals surface area (Å²) in [4.78, 5) is 0. The summed E-state index contributed by atoms with van der Waals surface area (Å²) < 4.78 is 6.23. The minimum absolute atomic E-state index is 0.284. The summed E-state index contributed by atoms with van der Waals surface area (Å²) in [6.45, 7) is 0. The van der Waals surface area contributed by atoms with Gasteiger partial charge in [-0.3, -0.25) is 0 Å². The first kappa shape index (κ1) is 9.99. The fraction of sp³-hybridized carbons (Fsp3) is 0.222. The van der Waals surface area contributed by atoms with Crippen LogP contribution in [0.25, 0.3) is 5.57 Å². The van der Waals surface area contributed by atoms with Crippen LogP contribution in [0.15, 0.2) is 60.7 Å². The zero-order valence-corrected chi connectivity index (χ0v) is 10.5. The fourth-order valence-corrected chi connectivity index (χ4v) is 3.98. The predicted octanol–water partition coefficient (Wildman–Crippen LogP) is 4.14. The molecule has 19 heavy (non-hydrogen) atoms. The normalized spacial score (nSPS) is 33.4. The number of ether oxygens (including phenoxy) is 1. The summed E-state index contributed by atoms with van der Waals surface area (Å²) in [6.07, 6.45) is 3.01. The Kier molecular flexibility index (Phi) is 1.77. The van der Waals surface area contributed by atoms with Crippen molar-refractivity contribution >= 4 is 5.57 Å². The monoisotopic (exact) mass is 246 g/mol. The van der Waals surface area contributed by atoms with Gasteiger partial charge in [0.2, 0.25) is 0 Å². The zero-order valence-electron chi connectivity index (χ0n) is 10.5. The molecule has 1 saturated heterocycles. The molecule has 5 rings (SSSR count). The summed E-state index contributed by atoms with van der Waals surface area (Å²) >= 11 is 0. The van der Waals surface area contributed by atoms with E-state index >= 15 is 0 Å².